The zero-order valence-electron chi connectivity index (χ0n) is 8.16. The van der Waals surface area contributed by atoms with Crippen molar-refractivity contribution in [2.45, 2.75) is 51.4 Å². The molecule has 74 valence electrons. The van der Waals surface area contributed by atoms with E-state index in [0.717, 1.165) is 19.3 Å². The number of hydrogen-bond acceptors (Lipinski definition) is 3. The lowest BCUT2D eigenvalue weighted by molar-refractivity contribution is -0.148. The maximum atomic E-state index is 10.7. The first-order chi connectivity index (χ1) is 6.16. The third kappa shape index (κ3) is 2.02. The molecule has 3 nitrogen and oxygen atoms in total. The van der Waals surface area contributed by atoms with Crippen molar-refractivity contribution in [1.82, 2.24) is 0 Å². The van der Waals surface area contributed by atoms with Crippen LogP contribution in [0.4, 0.5) is 0 Å². The van der Waals surface area contributed by atoms with Crippen LogP contribution in [0.25, 0.3) is 0 Å². The molecule has 0 bridgehead atoms. The first-order valence-electron chi connectivity index (χ1n) is 4.99. The molecule has 2 aliphatic rings. The highest BCUT2D eigenvalue weighted by molar-refractivity contribution is 5.66. The molecule has 2 rings (SSSR count). The van der Waals surface area contributed by atoms with Gasteiger partial charge < -0.3 is 9.47 Å². The molecule has 0 aromatic carbocycles. The van der Waals surface area contributed by atoms with Gasteiger partial charge in [0.25, 0.3) is 0 Å². The standard InChI is InChI=1S/C10H16O3/c1-6(12-7(2)11)8-3-4-9-10(5-8)13-9/h6,8-10H,3-5H2,1-2H3. The average Bonchev–Trinajstić information content (AvgIpc) is 2.79. The summed E-state index contributed by atoms with van der Waals surface area (Å²) in [5, 5.41) is 0. The van der Waals surface area contributed by atoms with Gasteiger partial charge in [0.1, 0.15) is 6.10 Å². The highest BCUT2D eigenvalue weighted by atomic mass is 16.6. The van der Waals surface area contributed by atoms with Crippen LogP contribution in [0.3, 0.4) is 0 Å². The number of carbonyl (C=O) groups excluding carboxylic acids is 1. The van der Waals surface area contributed by atoms with Crippen molar-refractivity contribution in [2.24, 2.45) is 5.92 Å². The minimum Gasteiger partial charge on any atom is -0.463 e. The minimum absolute atomic E-state index is 0.0580. The van der Waals surface area contributed by atoms with Crippen molar-refractivity contribution < 1.29 is 14.3 Å². The van der Waals surface area contributed by atoms with Crippen LogP contribution in [0.2, 0.25) is 0 Å². The van der Waals surface area contributed by atoms with Crippen molar-refractivity contribution in [3.63, 3.8) is 0 Å². The summed E-state index contributed by atoms with van der Waals surface area (Å²) in [6, 6.07) is 0. The van der Waals surface area contributed by atoms with Crippen LogP contribution in [-0.4, -0.2) is 24.3 Å². The van der Waals surface area contributed by atoms with E-state index in [1.165, 1.54) is 6.92 Å². The summed E-state index contributed by atoms with van der Waals surface area (Å²) in [5.74, 6) is 0.332. The van der Waals surface area contributed by atoms with Gasteiger partial charge in [0.15, 0.2) is 0 Å². The molecule has 1 saturated heterocycles. The Labute approximate surface area is 78.4 Å². The third-order valence-corrected chi connectivity index (χ3v) is 3.06. The quantitative estimate of drug-likeness (QED) is 0.482. The Morgan fingerprint density at radius 3 is 2.85 bits per heavy atom. The van der Waals surface area contributed by atoms with Crippen LogP contribution in [-0.2, 0) is 14.3 Å². The summed E-state index contributed by atoms with van der Waals surface area (Å²) in [7, 11) is 0. The Morgan fingerprint density at radius 2 is 2.23 bits per heavy atom. The zero-order valence-corrected chi connectivity index (χ0v) is 8.16. The molecule has 2 fully saturated rings. The molecule has 1 aliphatic carbocycles. The molecule has 0 aromatic rings. The normalized spacial score (nSPS) is 39.1. The van der Waals surface area contributed by atoms with Gasteiger partial charge in [0, 0.05) is 6.92 Å². The van der Waals surface area contributed by atoms with Crippen molar-refractivity contribution >= 4 is 5.97 Å². The number of fused-ring (bicyclic) bond motifs is 1. The summed E-state index contributed by atoms with van der Waals surface area (Å²) in [6.45, 7) is 3.45. The highest BCUT2D eigenvalue weighted by Crippen LogP contribution is 2.41. The largest absolute Gasteiger partial charge is 0.463 e. The maximum Gasteiger partial charge on any atom is 0.302 e. The van der Waals surface area contributed by atoms with Crippen LogP contribution in [0.15, 0.2) is 0 Å². The fourth-order valence-electron chi connectivity index (χ4n) is 2.22. The van der Waals surface area contributed by atoms with Crippen molar-refractivity contribution in [3.05, 3.63) is 0 Å². The van der Waals surface area contributed by atoms with Crippen LogP contribution in [0.5, 0.6) is 0 Å². The molecule has 0 aromatic heterocycles. The zero-order chi connectivity index (χ0) is 9.42. The summed E-state index contributed by atoms with van der Waals surface area (Å²) < 4.78 is 10.6. The maximum absolute atomic E-state index is 10.7. The van der Waals surface area contributed by atoms with Gasteiger partial charge in [-0.05, 0) is 32.1 Å². The average molecular weight is 184 g/mol. The second-order valence-corrected chi connectivity index (χ2v) is 4.10. The van der Waals surface area contributed by atoms with Crippen LogP contribution < -0.4 is 0 Å². The van der Waals surface area contributed by atoms with Gasteiger partial charge in [0.2, 0.25) is 0 Å². The minimum atomic E-state index is -0.175. The number of esters is 1. The Morgan fingerprint density at radius 1 is 1.46 bits per heavy atom. The lowest BCUT2D eigenvalue weighted by atomic mass is 9.86. The van der Waals surface area contributed by atoms with Crippen LogP contribution in [0.1, 0.15) is 33.1 Å². The summed E-state index contributed by atoms with van der Waals surface area (Å²) in [4.78, 5) is 10.7. The van der Waals surface area contributed by atoms with E-state index >= 15 is 0 Å². The van der Waals surface area contributed by atoms with Crippen molar-refractivity contribution in [3.8, 4) is 0 Å². The van der Waals surface area contributed by atoms with E-state index in [9.17, 15) is 4.79 Å². The van der Waals surface area contributed by atoms with Crippen LogP contribution in [0, 0.1) is 5.92 Å². The predicted octanol–water partition coefficient (Wildman–Crippen LogP) is 1.51. The highest BCUT2D eigenvalue weighted by Gasteiger charge is 2.45. The molecule has 0 spiro atoms. The van der Waals surface area contributed by atoms with Gasteiger partial charge >= 0.3 is 5.97 Å². The number of rotatable bonds is 2. The number of ether oxygens (including phenoxy) is 2. The summed E-state index contributed by atoms with van der Waals surface area (Å²) >= 11 is 0. The van der Waals surface area contributed by atoms with Crippen molar-refractivity contribution in [2.75, 3.05) is 0 Å². The molecule has 1 aliphatic heterocycles. The molecule has 0 radical (unpaired) electrons. The number of carbonyl (C=O) groups is 1. The van der Waals surface area contributed by atoms with E-state index in [-0.39, 0.29) is 12.1 Å². The predicted molar refractivity (Wildman–Crippen MR) is 47.2 cm³/mol. The number of hydrogen-bond donors (Lipinski definition) is 0. The topological polar surface area (TPSA) is 38.8 Å². The van der Waals surface area contributed by atoms with Gasteiger partial charge in [-0.15, -0.1) is 0 Å². The van der Waals surface area contributed by atoms with E-state index in [0.29, 0.717) is 18.1 Å². The second kappa shape index (κ2) is 3.29. The number of epoxide rings is 1. The Bertz CT molecular complexity index is 214. The molecule has 0 amide bonds. The van der Waals surface area contributed by atoms with Gasteiger partial charge in [-0.25, -0.2) is 0 Å². The fraction of sp³-hybridized carbons (Fsp3) is 0.900. The van der Waals surface area contributed by atoms with E-state index in [2.05, 4.69) is 0 Å². The van der Waals surface area contributed by atoms with Crippen LogP contribution >= 0.6 is 0 Å². The lowest BCUT2D eigenvalue weighted by Crippen LogP contribution is -2.27. The Hall–Kier alpha value is -0.570. The summed E-state index contributed by atoms with van der Waals surface area (Å²) in [5.41, 5.74) is 0. The molecule has 1 saturated carbocycles. The lowest BCUT2D eigenvalue weighted by Gasteiger charge is -2.24. The monoisotopic (exact) mass is 184 g/mol. The van der Waals surface area contributed by atoms with Gasteiger partial charge in [-0.3, -0.25) is 4.79 Å². The third-order valence-electron chi connectivity index (χ3n) is 3.06. The van der Waals surface area contributed by atoms with E-state index in [1.807, 2.05) is 6.92 Å². The Balaban J connectivity index is 1.81. The first kappa shape index (κ1) is 9.00. The molecular formula is C10H16O3. The van der Waals surface area contributed by atoms with E-state index in [1.54, 1.807) is 0 Å². The van der Waals surface area contributed by atoms with Gasteiger partial charge in [-0.2, -0.15) is 0 Å². The molecule has 13 heavy (non-hydrogen) atoms. The molecular weight excluding hydrogens is 168 g/mol. The first-order valence-corrected chi connectivity index (χ1v) is 4.99. The van der Waals surface area contributed by atoms with Gasteiger partial charge in [0.05, 0.1) is 12.2 Å². The SMILES string of the molecule is CC(=O)OC(C)C1CCC2OC2C1. The second-order valence-electron chi connectivity index (χ2n) is 4.10. The summed E-state index contributed by atoms with van der Waals surface area (Å²) in [6.07, 6.45) is 4.40. The molecule has 1 heterocycles. The van der Waals surface area contributed by atoms with E-state index in [4.69, 9.17) is 9.47 Å². The molecule has 4 unspecified atom stereocenters. The van der Waals surface area contributed by atoms with Gasteiger partial charge in [-0.1, -0.05) is 0 Å². The molecule has 3 heteroatoms. The molecule has 4 atom stereocenters. The van der Waals surface area contributed by atoms with E-state index < -0.39 is 0 Å². The molecule has 0 N–H and O–H groups in total. The van der Waals surface area contributed by atoms with Crippen molar-refractivity contribution in [1.29, 1.82) is 0 Å². The Kier molecular flexibility index (Phi) is 2.28. The smallest absolute Gasteiger partial charge is 0.302 e. The fourth-order valence-corrected chi connectivity index (χ4v) is 2.22.